The molecule has 0 aliphatic carbocycles. The number of phenols is 3. The van der Waals surface area contributed by atoms with Crippen LogP contribution in [0.5, 0.6) is 17.2 Å². The van der Waals surface area contributed by atoms with Crippen molar-refractivity contribution in [3.05, 3.63) is 53.6 Å². The van der Waals surface area contributed by atoms with Gasteiger partial charge >= 0.3 is 5.97 Å². The summed E-state index contributed by atoms with van der Waals surface area (Å²) in [4.78, 5) is 33.7. The number of anilines is 1. The molecule has 0 aliphatic heterocycles. The summed E-state index contributed by atoms with van der Waals surface area (Å²) in [6.45, 7) is 0. The Hall–Kier alpha value is -4.01. The van der Waals surface area contributed by atoms with Crippen molar-refractivity contribution >= 4 is 29.1 Å². The van der Waals surface area contributed by atoms with E-state index in [9.17, 15) is 34.8 Å². The van der Waals surface area contributed by atoms with E-state index in [0.717, 1.165) is 12.1 Å². The molecule has 2 rings (SSSR count). The molecule has 2 aromatic carbocycles. The van der Waals surface area contributed by atoms with Gasteiger partial charge in [-0.3, -0.25) is 9.59 Å². The van der Waals surface area contributed by atoms with Gasteiger partial charge in [0.05, 0.1) is 0 Å². The third kappa shape index (κ3) is 4.09. The minimum Gasteiger partial charge on any atom is -0.507 e. The van der Waals surface area contributed by atoms with Crippen molar-refractivity contribution in [1.29, 1.82) is 0 Å². The average Bonchev–Trinajstić information content (AvgIpc) is 2.59. The summed E-state index contributed by atoms with van der Waals surface area (Å²) in [6.07, 6.45) is 0.527. The van der Waals surface area contributed by atoms with Crippen LogP contribution in [0.15, 0.2) is 42.5 Å². The van der Waals surface area contributed by atoms with Gasteiger partial charge in [0.15, 0.2) is 17.2 Å². The van der Waals surface area contributed by atoms with Crippen molar-refractivity contribution in [3.8, 4) is 17.2 Å². The highest BCUT2D eigenvalue weighted by atomic mass is 16.4. The third-order valence-corrected chi connectivity index (χ3v) is 3.23. The van der Waals surface area contributed by atoms with E-state index in [4.69, 9.17) is 5.11 Å². The van der Waals surface area contributed by atoms with Gasteiger partial charge in [-0.1, -0.05) is 12.1 Å². The van der Waals surface area contributed by atoms with E-state index in [-0.39, 0.29) is 16.8 Å². The number of aromatic hydroxyl groups is 3. The Morgan fingerprint density at radius 1 is 0.885 bits per heavy atom. The average molecular weight is 359 g/mol. The van der Waals surface area contributed by atoms with Crippen LogP contribution in [0.2, 0.25) is 0 Å². The van der Waals surface area contributed by atoms with Gasteiger partial charge in [0, 0.05) is 22.9 Å². The third-order valence-electron chi connectivity index (χ3n) is 3.23. The van der Waals surface area contributed by atoms with Crippen molar-refractivity contribution in [3.63, 3.8) is 0 Å². The molecule has 0 radical (unpaired) electrons. The second kappa shape index (κ2) is 7.26. The lowest BCUT2D eigenvalue weighted by atomic mass is 10.1. The van der Waals surface area contributed by atoms with Gasteiger partial charge in [-0.25, -0.2) is 4.79 Å². The molecule has 0 atom stereocenters. The first kappa shape index (κ1) is 18.3. The zero-order valence-electron chi connectivity index (χ0n) is 13.0. The number of ketones is 1. The van der Waals surface area contributed by atoms with Crippen molar-refractivity contribution in [1.82, 2.24) is 0 Å². The number of hydrogen-bond acceptors (Lipinski definition) is 7. The standard InChI is InChI=1S/C17H13NO8/c19-11(7-14(22)17(25)26)8-2-1-3-10(4-8)18-16(24)9-5-12(20)15(23)13(21)6-9/h1-7,19-21,23H,(H,18,24)(H,25,26)/b11-7+. The van der Waals surface area contributed by atoms with Gasteiger partial charge in [-0.2, -0.15) is 0 Å². The lowest BCUT2D eigenvalue weighted by Gasteiger charge is -2.09. The Kier molecular flexibility index (Phi) is 5.12. The molecule has 0 fully saturated rings. The van der Waals surface area contributed by atoms with E-state index < -0.39 is 40.7 Å². The Morgan fingerprint density at radius 3 is 2.08 bits per heavy atom. The van der Waals surface area contributed by atoms with Gasteiger partial charge in [0.1, 0.15) is 5.76 Å². The molecule has 0 unspecified atom stereocenters. The molecule has 26 heavy (non-hydrogen) atoms. The second-order valence-corrected chi connectivity index (χ2v) is 5.10. The van der Waals surface area contributed by atoms with Crippen molar-refractivity contribution < 1.29 is 39.9 Å². The maximum absolute atomic E-state index is 12.2. The van der Waals surface area contributed by atoms with Crippen LogP contribution in [-0.4, -0.2) is 43.2 Å². The van der Waals surface area contributed by atoms with Gasteiger partial charge in [-0.15, -0.1) is 0 Å². The highest BCUT2D eigenvalue weighted by Gasteiger charge is 2.15. The molecule has 0 saturated carbocycles. The summed E-state index contributed by atoms with van der Waals surface area (Å²) in [5.74, 6) is -6.51. The van der Waals surface area contributed by atoms with E-state index in [1.807, 2.05) is 0 Å². The van der Waals surface area contributed by atoms with Gasteiger partial charge in [0.25, 0.3) is 11.7 Å². The number of aliphatic hydroxyl groups excluding tert-OH is 1. The van der Waals surface area contributed by atoms with Crippen LogP contribution in [0, 0.1) is 0 Å². The number of carbonyl (C=O) groups is 3. The lowest BCUT2D eigenvalue weighted by molar-refractivity contribution is -0.146. The van der Waals surface area contributed by atoms with Gasteiger partial charge < -0.3 is 30.8 Å². The van der Waals surface area contributed by atoms with E-state index in [2.05, 4.69) is 5.32 Å². The molecule has 1 amide bonds. The SMILES string of the molecule is O=C(O)C(=O)/C=C(/O)c1cccc(NC(=O)c2cc(O)c(O)c(O)c2)c1. The zero-order chi connectivity index (χ0) is 19.4. The summed E-state index contributed by atoms with van der Waals surface area (Å²) in [6, 6.07) is 7.43. The molecule has 0 bridgehead atoms. The topological polar surface area (TPSA) is 164 Å². The minimum absolute atomic E-state index is 0.0776. The molecular weight excluding hydrogens is 346 g/mol. The van der Waals surface area contributed by atoms with Crippen molar-refractivity contribution in [2.45, 2.75) is 0 Å². The molecule has 0 aromatic heterocycles. The van der Waals surface area contributed by atoms with Crippen LogP contribution in [0.1, 0.15) is 15.9 Å². The van der Waals surface area contributed by atoms with Crippen LogP contribution in [-0.2, 0) is 9.59 Å². The van der Waals surface area contributed by atoms with E-state index in [1.54, 1.807) is 0 Å². The maximum atomic E-state index is 12.2. The smallest absolute Gasteiger partial charge is 0.376 e. The highest BCUT2D eigenvalue weighted by molar-refractivity contribution is 6.38. The number of amides is 1. The summed E-state index contributed by atoms with van der Waals surface area (Å²) in [5, 5.41) is 48.9. The fourth-order valence-corrected chi connectivity index (χ4v) is 1.96. The number of aliphatic hydroxyl groups is 1. The van der Waals surface area contributed by atoms with Crippen molar-refractivity contribution in [2.24, 2.45) is 0 Å². The van der Waals surface area contributed by atoms with Crippen LogP contribution in [0.25, 0.3) is 5.76 Å². The van der Waals surface area contributed by atoms with E-state index in [0.29, 0.717) is 6.08 Å². The lowest BCUT2D eigenvalue weighted by Crippen LogP contribution is -2.12. The molecule has 9 heteroatoms. The number of benzene rings is 2. The van der Waals surface area contributed by atoms with E-state index >= 15 is 0 Å². The molecule has 134 valence electrons. The van der Waals surface area contributed by atoms with Crippen molar-refractivity contribution in [2.75, 3.05) is 5.32 Å². The summed E-state index contributed by atoms with van der Waals surface area (Å²) in [5.41, 5.74) is 0.111. The number of rotatable bonds is 5. The molecule has 0 heterocycles. The molecule has 0 spiro atoms. The molecule has 6 N–H and O–H groups in total. The number of nitrogens with one attached hydrogen (secondary N) is 1. The second-order valence-electron chi connectivity index (χ2n) is 5.10. The van der Waals surface area contributed by atoms with Crippen LogP contribution in [0.4, 0.5) is 5.69 Å². The van der Waals surface area contributed by atoms with Gasteiger partial charge in [0.2, 0.25) is 0 Å². The Bertz CT molecular complexity index is 909. The quantitative estimate of drug-likeness (QED) is 0.203. The predicted octanol–water partition coefficient (Wildman–Crippen LogP) is 1.61. The Morgan fingerprint density at radius 2 is 1.50 bits per heavy atom. The van der Waals surface area contributed by atoms with Crippen LogP contribution >= 0.6 is 0 Å². The Balaban J connectivity index is 2.25. The van der Waals surface area contributed by atoms with E-state index in [1.165, 1.54) is 24.3 Å². The monoisotopic (exact) mass is 359 g/mol. The number of hydrogen-bond donors (Lipinski definition) is 6. The van der Waals surface area contributed by atoms with Crippen LogP contribution in [0.3, 0.4) is 0 Å². The molecule has 0 saturated heterocycles. The first-order valence-corrected chi connectivity index (χ1v) is 7.03. The fraction of sp³-hybridized carbons (Fsp3) is 0. The highest BCUT2D eigenvalue weighted by Crippen LogP contribution is 2.35. The molecule has 2 aromatic rings. The summed E-state index contributed by atoms with van der Waals surface area (Å²) in [7, 11) is 0. The zero-order valence-corrected chi connectivity index (χ0v) is 13.0. The fourth-order valence-electron chi connectivity index (χ4n) is 1.96. The molecular formula is C17H13NO8. The predicted molar refractivity (Wildman–Crippen MR) is 89.1 cm³/mol. The number of phenolic OH excluding ortho intramolecular Hbond substituents is 3. The number of carboxylic acids is 1. The number of carbonyl (C=O) groups excluding carboxylic acids is 2. The molecule has 0 aliphatic rings. The van der Waals surface area contributed by atoms with Gasteiger partial charge in [-0.05, 0) is 24.3 Å². The normalized spacial score (nSPS) is 11.0. The summed E-state index contributed by atoms with van der Waals surface area (Å²) < 4.78 is 0. The summed E-state index contributed by atoms with van der Waals surface area (Å²) >= 11 is 0. The minimum atomic E-state index is -1.73. The Labute approximate surface area is 146 Å². The number of carboxylic acid groups (broad SMARTS) is 1. The largest absolute Gasteiger partial charge is 0.507 e. The van der Waals surface area contributed by atoms with Crippen LogP contribution < -0.4 is 5.32 Å². The first-order chi connectivity index (χ1) is 12.2. The molecule has 9 nitrogen and oxygen atoms in total. The number of aliphatic carboxylic acids is 1. The first-order valence-electron chi connectivity index (χ1n) is 7.03. The maximum Gasteiger partial charge on any atom is 0.376 e.